The third kappa shape index (κ3) is 4.69. The molecule has 1 amide bonds. The van der Waals surface area contributed by atoms with Gasteiger partial charge >= 0.3 is 0 Å². The molecule has 2 heterocycles. The van der Waals surface area contributed by atoms with Gasteiger partial charge in [-0.1, -0.05) is 19.1 Å². The van der Waals surface area contributed by atoms with Crippen molar-refractivity contribution in [2.24, 2.45) is 7.05 Å². The van der Waals surface area contributed by atoms with Crippen LogP contribution in [0.15, 0.2) is 35.1 Å². The van der Waals surface area contributed by atoms with Crippen LogP contribution in [0, 0.1) is 0 Å². The smallest absolute Gasteiger partial charge is 0.254 e. The second-order valence-corrected chi connectivity index (χ2v) is 7.10. The SMILES string of the molecule is CCN1CCC[C@@H]1CNC(=O)CCCOc1cc(=O)n(C)c2ccccc12. The zero-order valence-electron chi connectivity index (χ0n) is 16.2. The van der Waals surface area contributed by atoms with Crippen LogP contribution in [0.3, 0.4) is 0 Å². The van der Waals surface area contributed by atoms with Crippen molar-refractivity contribution in [3.05, 3.63) is 40.7 Å². The number of likely N-dealkylation sites (tertiary alicyclic amines) is 1. The first-order chi connectivity index (χ1) is 13.1. The normalized spacial score (nSPS) is 17.3. The summed E-state index contributed by atoms with van der Waals surface area (Å²) in [5, 5.41) is 3.95. The van der Waals surface area contributed by atoms with Gasteiger partial charge in [0.15, 0.2) is 0 Å². The van der Waals surface area contributed by atoms with Gasteiger partial charge in [-0.2, -0.15) is 0 Å². The Morgan fingerprint density at radius 3 is 2.96 bits per heavy atom. The van der Waals surface area contributed by atoms with E-state index in [4.69, 9.17) is 4.74 Å². The second-order valence-electron chi connectivity index (χ2n) is 7.10. The van der Waals surface area contributed by atoms with Crippen molar-refractivity contribution >= 4 is 16.8 Å². The number of rotatable bonds is 8. The number of amides is 1. The van der Waals surface area contributed by atoms with Gasteiger partial charge in [0.05, 0.1) is 12.1 Å². The van der Waals surface area contributed by atoms with Crippen molar-refractivity contribution in [3.63, 3.8) is 0 Å². The van der Waals surface area contributed by atoms with Crippen LogP contribution < -0.4 is 15.6 Å². The Labute approximate surface area is 160 Å². The van der Waals surface area contributed by atoms with Gasteiger partial charge in [0.25, 0.3) is 5.56 Å². The average molecular weight is 371 g/mol. The van der Waals surface area contributed by atoms with E-state index in [1.165, 1.54) is 12.5 Å². The molecule has 1 saturated heterocycles. The Morgan fingerprint density at radius 1 is 1.33 bits per heavy atom. The van der Waals surface area contributed by atoms with Crippen molar-refractivity contribution < 1.29 is 9.53 Å². The number of carbonyl (C=O) groups excluding carboxylic acids is 1. The number of hydrogen-bond donors (Lipinski definition) is 1. The summed E-state index contributed by atoms with van der Waals surface area (Å²) in [6, 6.07) is 9.66. The van der Waals surface area contributed by atoms with E-state index in [1.807, 2.05) is 24.3 Å². The second kappa shape index (κ2) is 9.04. The van der Waals surface area contributed by atoms with Crippen LogP contribution in [0.5, 0.6) is 5.75 Å². The minimum absolute atomic E-state index is 0.0652. The number of nitrogens with zero attached hydrogens (tertiary/aromatic N) is 2. The maximum absolute atomic E-state index is 12.1. The van der Waals surface area contributed by atoms with Gasteiger partial charge in [-0.25, -0.2) is 0 Å². The monoisotopic (exact) mass is 371 g/mol. The molecule has 0 aliphatic carbocycles. The van der Waals surface area contributed by atoms with E-state index in [0.29, 0.717) is 31.2 Å². The molecule has 0 bridgehead atoms. The Balaban J connectivity index is 1.46. The molecule has 1 aromatic carbocycles. The number of ether oxygens (including phenoxy) is 1. The number of likely N-dealkylation sites (N-methyl/N-ethyl adjacent to an activating group) is 1. The first kappa shape index (κ1) is 19.4. The summed E-state index contributed by atoms with van der Waals surface area (Å²) < 4.78 is 7.43. The lowest BCUT2D eigenvalue weighted by Gasteiger charge is -2.22. The number of benzene rings is 1. The Bertz CT molecular complexity index is 846. The summed E-state index contributed by atoms with van der Waals surface area (Å²) in [4.78, 5) is 26.6. The molecule has 0 saturated carbocycles. The first-order valence-corrected chi connectivity index (χ1v) is 9.82. The molecular formula is C21H29N3O3. The van der Waals surface area contributed by atoms with E-state index in [1.54, 1.807) is 11.6 Å². The summed E-state index contributed by atoms with van der Waals surface area (Å²) in [5.41, 5.74) is 0.744. The highest BCUT2D eigenvalue weighted by Gasteiger charge is 2.22. The number of pyridine rings is 1. The maximum Gasteiger partial charge on any atom is 0.254 e. The van der Waals surface area contributed by atoms with Gasteiger partial charge < -0.3 is 14.6 Å². The fourth-order valence-electron chi connectivity index (χ4n) is 3.78. The maximum atomic E-state index is 12.1. The molecule has 1 atom stereocenters. The lowest BCUT2D eigenvalue weighted by molar-refractivity contribution is -0.121. The molecule has 1 aliphatic rings. The number of nitrogens with one attached hydrogen (secondary N) is 1. The Kier molecular flexibility index (Phi) is 6.50. The van der Waals surface area contributed by atoms with E-state index < -0.39 is 0 Å². The summed E-state index contributed by atoms with van der Waals surface area (Å²) in [6.07, 6.45) is 3.43. The summed E-state index contributed by atoms with van der Waals surface area (Å²) in [7, 11) is 1.75. The number of aryl methyl sites for hydroxylation is 1. The molecular weight excluding hydrogens is 342 g/mol. The van der Waals surface area contributed by atoms with Gasteiger partial charge in [0.2, 0.25) is 5.91 Å². The van der Waals surface area contributed by atoms with Crippen LogP contribution in [0.2, 0.25) is 0 Å². The number of hydrogen-bond acceptors (Lipinski definition) is 4. The van der Waals surface area contributed by atoms with Crippen LogP contribution in [-0.2, 0) is 11.8 Å². The highest BCUT2D eigenvalue weighted by atomic mass is 16.5. The summed E-state index contributed by atoms with van der Waals surface area (Å²) in [5.74, 6) is 0.647. The Hall–Kier alpha value is -2.34. The van der Waals surface area contributed by atoms with Crippen molar-refractivity contribution in [1.82, 2.24) is 14.8 Å². The number of aromatic nitrogens is 1. The zero-order chi connectivity index (χ0) is 19.2. The van der Waals surface area contributed by atoms with Crippen LogP contribution in [0.25, 0.3) is 10.9 Å². The third-order valence-electron chi connectivity index (χ3n) is 5.36. The summed E-state index contributed by atoms with van der Waals surface area (Å²) in [6.45, 7) is 5.48. The standard InChI is InChI=1S/C21H29N3O3/c1-3-24-12-6-8-16(24)15-22-20(25)11-7-13-27-19-14-21(26)23(2)18-10-5-4-9-17(18)19/h4-5,9-10,14,16H,3,6-8,11-13,15H2,1-2H3,(H,22,25)/t16-/m1/s1. The molecule has 6 heteroatoms. The van der Waals surface area contributed by atoms with Gasteiger partial charge in [-0.05, 0) is 44.5 Å². The predicted octanol–water partition coefficient (Wildman–Crippen LogP) is 2.30. The number of para-hydroxylation sites is 1. The Morgan fingerprint density at radius 2 is 2.15 bits per heavy atom. The van der Waals surface area contributed by atoms with Crippen LogP contribution in [0.1, 0.15) is 32.6 Å². The molecule has 3 rings (SSSR count). The zero-order valence-corrected chi connectivity index (χ0v) is 16.2. The van der Waals surface area contributed by atoms with Gasteiger partial charge in [-0.15, -0.1) is 0 Å². The van der Waals surface area contributed by atoms with Gasteiger partial charge in [0, 0.05) is 37.5 Å². The predicted molar refractivity (Wildman–Crippen MR) is 107 cm³/mol. The minimum Gasteiger partial charge on any atom is -0.493 e. The summed E-state index contributed by atoms with van der Waals surface area (Å²) >= 11 is 0. The van der Waals surface area contributed by atoms with Gasteiger partial charge in [-0.3, -0.25) is 14.5 Å². The number of fused-ring (bicyclic) bond motifs is 1. The van der Waals surface area contributed by atoms with E-state index in [0.717, 1.165) is 37.0 Å². The highest BCUT2D eigenvalue weighted by Crippen LogP contribution is 2.23. The molecule has 27 heavy (non-hydrogen) atoms. The largest absolute Gasteiger partial charge is 0.493 e. The molecule has 146 valence electrons. The van der Waals surface area contributed by atoms with Crippen molar-refractivity contribution in [3.8, 4) is 5.75 Å². The molecule has 1 N–H and O–H groups in total. The van der Waals surface area contributed by atoms with Crippen LogP contribution >= 0.6 is 0 Å². The molecule has 1 fully saturated rings. The molecule has 0 radical (unpaired) electrons. The van der Waals surface area contributed by atoms with Crippen LogP contribution in [0.4, 0.5) is 0 Å². The molecule has 2 aromatic rings. The van der Waals surface area contributed by atoms with Gasteiger partial charge in [0.1, 0.15) is 5.75 Å². The van der Waals surface area contributed by atoms with E-state index in [-0.39, 0.29) is 11.5 Å². The van der Waals surface area contributed by atoms with E-state index >= 15 is 0 Å². The molecule has 0 spiro atoms. The number of carbonyl (C=O) groups is 1. The quantitative estimate of drug-likeness (QED) is 0.723. The van der Waals surface area contributed by atoms with Crippen LogP contribution in [-0.4, -0.2) is 47.7 Å². The molecule has 6 nitrogen and oxygen atoms in total. The fraction of sp³-hybridized carbons (Fsp3) is 0.524. The van der Waals surface area contributed by atoms with Crippen molar-refractivity contribution in [2.45, 2.75) is 38.6 Å². The lowest BCUT2D eigenvalue weighted by atomic mass is 10.2. The first-order valence-electron chi connectivity index (χ1n) is 9.82. The topological polar surface area (TPSA) is 63.6 Å². The molecule has 1 aliphatic heterocycles. The van der Waals surface area contributed by atoms with E-state index in [9.17, 15) is 9.59 Å². The minimum atomic E-state index is -0.0986. The lowest BCUT2D eigenvalue weighted by Crippen LogP contribution is -2.40. The average Bonchev–Trinajstić information content (AvgIpc) is 3.15. The van der Waals surface area contributed by atoms with Crippen molar-refractivity contribution in [2.75, 3.05) is 26.2 Å². The molecule has 0 unspecified atom stereocenters. The van der Waals surface area contributed by atoms with E-state index in [2.05, 4.69) is 17.1 Å². The fourth-order valence-corrected chi connectivity index (χ4v) is 3.78. The molecule has 1 aromatic heterocycles. The third-order valence-corrected chi connectivity index (χ3v) is 5.36. The highest BCUT2D eigenvalue weighted by molar-refractivity contribution is 5.85. The van der Waals surface area contributed by atoms with Crippen molar-refractivity contribution in [1.29, 1.82) is 0 Å².